The van der Waals surface area contributed by atoms with Gasteiger partial charge in [-0.1, -0.05) is 42.5 Å². The van der Waals surface area contributed by atoms with Crippen molar-refractivity contribution in [1.82, 2.24) is 0 Å². The maximum atomic E-state index is 10.6. The Bertz CT molecular complexity index is 506. The van der Waals surface area contributed by atoms with E-state index in [1.807, 2.05) is 31.3 Å². The zero-order valence-corrected chi connectivity index (χ0v) is 9.81. The monoisotopic (exact) mass is 225 g/mol. The summed E-state index contributed by atoms with van der Waals surface area (Å²) in [7, 11) is 1.87. The van der Waals surface area contributed by atoms with E-state index in [0.29, 0.717) is 6.42 Å². The lowest BCUT2D eigenvalue weighted by Crippen LogP contribution is -1.96. The van der Waals surface area contributed by atoms with Gasteiger partial charge in [-0.15, -0.1) is 0 Å². The second kappa shape index (κ2) is 5.30. The number of hydrogen-bond acceptors (Lipinski definition) is 2. The number of anilines is 1. The van der Waals surface area contributed by atoms with Crippen LogP contribution in [0, 0.1) is 0 Å². The molecule has 2 rings (SSSR count). The Morgan fingerprint density at radius 2 is 1.82 bits per heavy atom. The first kappa shape index (κ1) is 11.4. The highest BCUT2D eigenvalue weighted by Crippen LogP contribution is 2.25. The van der Waals surface area contributed by atoms with Gasteiger partial charge in [-0.05, 0) is 22.8 Å². The summed E-state index contributed by atoms with van der Waals surface area (Å²) in [6.45, 7) is 0. The van der Waals surface area contributed by atoms with Crippen LogP contribution in [0.4, 0.5) is 5.69 Å². The molecule has 2 aromatic carbocycles. The molecular formula is C15H15NO. The molecule has 0 aliphatic rings. The summed E-state index contributed by atoms with van der Waals surface area (Å²) in [4.78, 5) is 10.6. The van der Waals surface area contributed by atoms with Crippen molar-refractivity contribution < 1.29 is 4.79 Å². The Kier molecular flexibility index (Phi) is 3.55. The van der Waals surface area contributed by atoms with Gasteiger partial charge in [0.15, 0.2) is 0 Å². The van der Waals surface area contributed by atoms with E-state index in [1.54, 1.807) is 0 Å². The number of carbonyl (C=O) groups is 1. The summed E-state index contributed by atoms with van der Waals surface area (Å²) in [6, 6.07) is 16.3. The molecule has 0 radical (unpaired) electrons. The molecule has 0 spiro atoms. The molecule has 1 N–H and O–H groups in total. The average Bonchev–Trinajstić information content (AvgIpc) is 2.40. The predicted molar refractivity (Wildman–Crippen MR) is 71.2 cm³/mol. The summed E-state index contributed by atoms with van der Waals surface area (Å²) in [5.74, 6) is 0. The Labute approximate surface area is 101 Å². The topological polar surface area (TPSA) is 29.1 Å². The Hall–Kier alpha value is -2.09. The van der Waals surface area contributed by atoms with Crippen molar-refractivity contribution in [3.63, 3.8) is 0 Å². The van der Waals surface area contributed by atoms with Gasteiger partial charge in [0, 0.05) is 19.2 Å². The highest BCUT2D eigenvalue weighted by Gasteiger charge is 2.03. The summed E-state index contributed by atoms with van der Waals surface area (Å²) in [5.41, 5.74) is 4.38. The van der Waals surface area contributed by atoms with E-state index in [2.05, 4.69) is 29.6 Å². The van der Waals surface area contributed by atoms with Gasteiger partial charge < -0.3 is 10.1 Å². The quantitative estimate of drug-likeness (QED) is 0.810. The molecule has 0 atom stereocenters. The van der Waals surface area contributed by atoms with Crippen LogP contribution in [0.1, 0.15) is 5.56 Å². The van der Waals surface area contributed by atoms with Crippen molar-refractivity contribution in [1.29, 1.82) is 0 Å². The highest BCUT2D eigenvalue weighted by atomic mass is 16.1. The third-order valence-electron chi connectivity index (χ3n) is 2.79. The number of nitrogens with one attached hydrogen (secondary N) is 1. The average molecular weight is 225 g/mol. The molecule has 0 bridgehead atoms. The molecule has 0 aliphatic heterocycles. The molecule has 0 heterocycles. The van der Waals surface area contributed by atoms with E-state index >= 15 is 0 Å². The van der Waals surface area contributed by atoms with Crippen LogP contribution in [0.25, 0.3) is 11.1 Å². The number of benzene rings is 2. The van der Waals surface area contributed by atoms with Crippen LogP contribution in [-0.4, -0.2) is 13.3 Å². The summed E-state index contributed by atoms with van der Waals surface area (Å²) in [5, 5.41) is 3.13. The molecule has 2 aromatic rings. The summed E-state index contributed by atoms with van der Waals surface area (Å²) < 4.78 is 0. The van der Waals surface area contributed by atoms with Crippen LogP contribution in [0.2, 0.25) is 0 Å². The maximum absolute atomic E-state index is 10.6. The lowest BCUT2D eigenvalue weighted by molar-refractivity contribution is -0.107. The fourth-order valence-electron chi connectivity index (χ4n) is 1.89. The largest absolute Gasteiger partial charge is 0.388 e. The van der Waals surface area contributed by atoms with Crippen molar-refractivity contribution in [2.24, 2.45) is 0 Å². The minimum Gasteiger partial charge on any atom is -0.388 e. The standard InChI is InChI=1S/C15H15NO/c1-16-15-11-14(8-7-13(15)9-10-17)12-5-3-2-4-6-12/h2-8,10-11,16H,9H2,1H3. The van der Waals surface area contributed by atoms with Gasteiger partial charge in [-0.2, -0.15) is 0 Å². The van der Waals surface area contributed by atoms with Gasteiger partial charge in [0.2, 0.25) is 0 Å². The van der Waals surface area contributed by atoms with Crippen molar-refractivity contribution >= 4 is 12.0 Å². The Balaban J connectivity index is 2.41. The minimum absolute atomic E-state index is 0.450. The molecule has 86 valence electrons. The number of hydrogen-bond donors (Lipinski definition) is 1. The second-order valence-electron chi connectivity index (χ2n) is 3.86. The molecule has 2 nitrogen and oxygen atoms in total. The molecule has 0 unspecified atom stereocenters. The normalized spacial score (nSPS) is 9.94. The first-order valence-corrected chi connectivity index (χ1v) is 5.65. The van der Waals surface area contributed by atoms with Crippen LogP contribution in [0.5, 0.6) is 0 Å². The van der Waals surface area contributed by atoms with Crippen molar-refractivity contribution in [2.45, 2.75) is 6.42 Å². The highest BCUT2D eigenvalue weighted by molar-refractivity contribution is 5.72. The molecule has 17 heavy (non-hydrogen) atoms. The fourth-order valence-corrected chi connectivity index (χ4v) is 1.89. The Morgan fingerprint density at radius 1 is 1.06 bits per heavy atom. The fraction of sp³-hybridized carbons (Fsp3) is 0.133. The zero-order valence-electron chi connectivity index (χ0n) is 9.81. The second-order valence-corrected chi connectivity index (χ2v) is 3.86. The lowest BCUT2D eigenvalue weighted by atomic mass is 10.0. The zero-order chi connectivity index (χ0) is 12.1. The lowest BCUT2D eigenvalue weighted by Gasteiger charge is -2.09. The van der Waals surface area contributed by atoms with Gasteiger partial charge in [0.1, 0.15) is 6.29 Å². The van der Waals surface area contributed by atoms with E-state index in [-0.39, 0.29) is 0 Å². The number of carbonyl (C=O) groups excluding carboxylic acids is 1. The van der Waals surface area contributed by atoms with Crippen molar-refractivity contribution in [2.75, 3.05) is 12.4 Å². The molecular weight excluding hydrogens is 210 g/mol. The first-order valence-electron chi connectivity index (χ1n) is 5.65. The summed E-state index contributed by atoms with van der Waals surface area (Å²) in [6.07, 6.45) is 1.38. The van der Waals surface area contributed by atoms with Crippen molar-refractivity contribution in [3.8, 4) is 11.1 Å². The smallest absolute Gasteiger partial charge is 0.124 e. The van der Waals surface area contributed by atoms with Crippen LogP contribution in [0.3, 0.4) is 0 Å². The molecule has 0 fully saturated rings. The number of rotatable bonds is 4. The van der Waals surface area contributed by atoms with Crippen LogP contribution >= 0.6 is 0 Å². The Morgan fingerprint density at radius 3 is 2.47 bits per heavy atom. The van der Waals surface area contributed by atoms with Gasteiger partial charge >= 0.3 is 0 Å². The number of aldehydes is 1. The van der Waals surface area contributed by atoms with Crippen LogP contribution < -0.4 is 5.32 Å². The van der Waals surface area contributed by atoms with Crippen molar-refractivity contribution in [3.05, 3.63) is 54.1 Å². The SMILES string of the molecule is CNc1cc(-c2ccccc2)ccc1CC=O. The van der Waals surface area contributed by atoms with E-state index in [1.165, 1.54) is 5.56 Å². The van der Waals surface area contributed by atoms with Gasteiger partial charge in [0.05, 0.1) is 0 Å². The minimum atomic E-state index is 0.450. The van der Waals surface area contributed by atoms with E-state index < -0.39 is 0 Å². The van der Waals surface area contributed by atoms with Gasteiger partial charge in [0.25, 0.3) is 0 Å². The molecule has 0 amide bonds. The molecule has 2 heteroatoms. The molecule has 0 saturated carbocycles. The maximum Gasteiger partial charge on any atom is 0.124 e. The van der Waals surface area contributed by atoms with Crippen LogP contribution in [0.15, 0.2) is 48.5 Å². The third kappa shape index (κ3) is 2.53. The molecule has 0 aliphatic carbocycles. The molecule has 0 aromatic heterocycles. The van der Waals surface area contributed by atoms with Crippen LogP contribution in [-0.2, 0) is 11.2 Å². The van der Waals surface area contributed by atoms with Gasteiger partial charge in [-0.25, -0.2) is 0 Å². The van der Waals surface area contributed by atoms with Gasteiger partial charge in [-0.3, -0.25) is 0 Å². The van der Waals surface area contributed by atoms with E-state index in [0.717, 1.165) is 23.1 Å². The first-order chi connectivity index (χ1) is 8.35. The molecule has 0 saturated heterocycles. The third-order valence-corrected chi connectivity index (χ3v) is 2.79. The predicted octanol–water partition coefficient (Wildman–Crippen LogP) is 3.14. The summed E-state index contributed by atoms with van der Waals surface area (Å²) >= 11 is 0. The van der Waals surface area contributed by atoms with E-state index in [9.17, 15) is 4.79 Å². The van der Waals surface area contributed by atoms with E-state index in [4.69, 9.17) is 0 Å².